The first-order chi connectivity index (χ1) is 10.3. The maximum absolute atomic E-state index is 12.0. The van der Waals surface area contributed by atoms with Crippen molar-refractivity contribution in [3.05, 3.63) is 58.1 Å². The fourth-order valence-corrected chi connectivity index (χ4v) is 3.22. The number of allylic oxidation sites excluding steroid dienone is 2. The summed E-state index contributed by atoms with van der Waals surface area (Å²) in [4.78, 5) is 23.6. The summed E-state index contributed by atoms with van der Waals surface area (Å²) in [5.41, 5.74) is 0.0879. The number of halogens is 1. The number of carbonyl (C=O) groups is 2. The van der Waals surface area contributed by atoms with E-state index in [1.54, 1.807) is 50.3 Å². The normalized spacial score (nSPS) is 24.4. The standard InChI is InChI=1S/C17H17ClO4/c1-3-17(16(21)22)9-10(2)8-13(15(19)20)14(17)11-4-6-12(18)7-5-11/h4-9,14H,3H2,1-2H3,(H,19,20)(H,21,22). The van der Waals surface area contributed by atoms with Gasteiger partial charge in [0.05, 0.1) is 5.41 Å². The first-order valence-corrected chi connectivity index (χ1v) is 7.33. The smallest absolute Gasteiger partial charge is 0.332 e. The van der Waals surface area contributed by atoms with Crippen LogP contribution in [0.2, 0.25) is 5.02 Å². The van der Waals surface area contributed by atoms with E-state index in [0.717, 1.165) is 0 Å². The van der Waals surface area contributed by atoms with Crippen molar-refractivity contribution >= 4 is 23.5 Å². The van der Waals surface area contributed by atoms with Crippen LogP contribution in [0, 0.1) is 5.41 Å². The molecule has 5 heteroatoms. The second kappa shape index (κ2) is 5.97. The first kappa shape index (κ1) is 16.3. The van der Waals surface area contributed by atoms with Gasteiger partial charge in [0.25, 0.3) is 0 Å². The lowest BCUT2D eigenvalue weighted by atomic mass is 9.63. The lowest BCUT2D eigenvalue weighted by molar-refractivity contribution is -0.147. The summed E-state index contributed by atoms with van der Waals surface area (Å²) in [5, 5.41) is 19.9. The molecule has 0 bridgehead atoms. The highest BCUT2D eigenvalue weighted by atomic mass is 35.5. The molecule has 0 saturated carbocycles. The summed E-state index contributed by atoms with van der Waals surface area (Å²) in [6, 6.07) is 6.66. The molecule has 2 rings (SSSR count). The number of hydrogen-bond donors (Lipinski definition) is 2. The van der Waals surface area contributed by atoms with E-state index in [1.807, 2.05) is 0 Å². The maximum atomic E-state index is 12.0. The molecule has 1 aromatic carbocycles. The Hall–Kier alpha value is -2.07. The molecule has 2 atom stereocenters. The van der Waals surface area contributed by atoms with Crippen molar-refractivity contribution in [1.29, 1.82) is 0 Å². The molecular formula is C17H17ClO4. The lowest BCUT2D eigenvalue weighted by Crippen LogP contribution is -2.39. The van der Waals surface area contributed by atoms with E-state index in [0.29, 0.717) is 16.2 Å². The van der Waals surface area contributed by atoms with Crippen LogP contribution in [-0.4, -0.2) is 22.2 Å². The third-order valence-corrected chi connectivity index (χ3v) is 4.38. The Morgan fingerprint density at radius 3 is 2.27 bits per heavy atom. The molecular weight excluding hydrogens is 304 g/mol. The zero-order valence-corrected chi connectivity index (χ0v) is 13.1. The minimum Gasteiger partial charge on any atom is -0.481 e. The monoisotopic (exact) mass is 320 g/mol. The second-order valence-electron chi connectivity index (χ2n) is 5.48. The zero-order valence-electron chi connectivity index (χ0n) is 12.3. The summed E-state index contributed by atoms with van der Waals surface area (Å²) < 4.78 is 0. The molecule has 0 aromatic heterocycles. The number of hydrogen-bond acceptors (Lipinski definition) is 2. The predicted octanol–water partition coefficient (Wildman–Crippen LogP) is 3.88. The summed E-state index contributed by atoms with van der Waals surface area (Å²) in [7, 11) is 0. The minimum absolute atomic E-state index is 0.0894. The Kier molecular flexibility index (Phi) is 4.42. The topological polar surface area (TPSA) is 74.6 Å². The van der Waals surface area contributed by atoms with Gasteiger partial charge in [0.2, 0.25) is 0 Å². The quantitative estimate of drug-likeness (QED) is 0.883. The predicted molar refractivity (Wildman–Crippen MR) is 84.0 cm³/mol. The molecule has 0 fully saturated rings. The Morgan fingerprint density at radius 2 is 1.82 bits per heavy atom. The number of carboxylic acid groups (broad SMARTS) is 2. The molecule has 116 valence electrons. The van der Waals surface area contributed by atoms with Crippen LogP contribution in [0.15, 0.2) is 47.6 Å². The summed E-state index contributed by atoms with van der Waals surface area (Å²) in [6.45, 7) is 3.47. The van der Waals surface area contributed by atoms with Gasteiger partial charge in [0.1, 0.15) is 0 Å². The van der Waals surface area contributed by atoms with Gasteiger partial charge < -0.3 is 10.2 Å². The van der Waals surface area contributed by atoms with Crippen molar-refractivity contribution in [3.8, 4) is 0 Å². The van der Waals surface area contributed by atoms with Crippen LogP contribution in [0.4, 0.5) is 0 Å². The van der Waals surface area contributed by atoms with Gasteiger partial charge in [-0.2, -0.15) is 0 Å². The first-order valence-electron chi connectivity index (χ1n) is 6.95. The van der Waals surface area contributed by atoms with Crippen molar-refractivity contribution in [2.75, 3.05) is 0 Å². The average molecular weight is 321 g/mol. The van der Waals surface area contributed by atoms with E-state index in [1.165, 1.54) is 0 Å². The average Bonchev–Trinajstić information content (AvgIpc) is 2.47. The highest BCUT2D eigenvalue weighted by Crippen LogP contribution is 2.49. The van der Waals surface area contributed by atoms with Crippen molar-refractivity contribution in [2.45, 2.75) is 26.2 Å². The van der Waals surface area contributed by atoms with E-state index in [2.05, 4.69) is 0 Å². The van der Waals surface area contributed by atoms with Crippen LogP contribution in [0.3, 0.4) is 0 Å². The summed E-state index contributed by atoms with van der Waals surface area (Å²) in [6.07, 6.45) is 3.48. The molecule has 2 unspecified atom stereocenters. The van der Waals surface area contributed by atoms with E-state index in [-0.39, 0.29) is 12.0 Å². The zero-order chi connectivity index (χ0) is 16.5. The van der Waals surface area contributed by atoms with Crippen LogP contribution in [0.25, 0.3) is 0 Å². The van der Waals surface area contributed by atoms with Crippen molar-refractivity contribution < 1.29 is 19.8 Å². The third kappa shape index (κ3) is 2.66. The van der Waals surface area contributed by atoms with E-state index in [4.69, 9.17) is 11.6 Å². The van der Waals surface area contributed by atoms with Crippen molar-refractivity contribution in [2.24, 2.45) is 5.41 Å². The molecule has 0 amide bonds. The fraction of sp³-hybridized carbons (Fsp3) is 0.294. The lowest BCUT2D eigenvalue weighted by Gasteiger charge is -2.38. The Bertz CT molecular complexity index is 672. The van der Waals surface area contributed by atoms with Crippen LogP contribution < -0.4 is 0 Å². The molecule has 1 aliphatic carbocycles. The number of aliphatic carboxylic acids is 2. The second-order valence-corrected chi connectivity index (χ2v) is 5.91. The summed E-state index contributed by atoms with van der Waals surface area (Å²) in [5.74, 6) is -2.89. The fourth-order valence-electron chi connectivity index (χ4n) is 3.10. The molecule has 1 aromatic rings. The Labute approximate surface area is 133 Å². The van der Waals surface area contributed by atoms with Gasteiger partial charge in [-0.15, -0.1) is 0 Å². The molecule has 2 N–H and O–H groups in total. The number of rotatable bonds is 4. The van der Waals surface area contributed by atoms with Gasteiger partial charge in [0, 0.05) is 16.5 Å². The number of carboxylic acids is 2. The Morgan fingerprint density at radius 1 is 1.23 bits per heavy atom. The minimum atomic E-state index is -1.28. The highest BCUT2D eigenvalue weighted by molar-refractivity contribution is 6.30. The van der Waals surface area contributed by atoms with Gasteiger partial charge in [-0.1, -0.05) is 42.3 Å². The van der Waals surface area contributed by atoms with Crippen LogP contribution >= 0.6 is 11.6 Å². The molecule has 22 heavy (non-hydrogen) atoms. The van der Waals surface area contributed by atoms with Crippen LogP contribution in [0.5, 0.6) is 0 Å². The SMILES string of the molecule is CCC1(C(=O)O)C=C(C)C=C(C(=O)O)C1c1ccc(Cl)cc1. The largest absolute Gasteiger partial charge is 0.481 e. The third-order valence-electron chi connectivity index (χ3n) is 4.13. The molecule has 0 saturated heterocycles. The van der Waals surface area contributed by atoms with Gasteiger partial charge in [-0.25, -0.2) is 4.79 Å². The Balaban J connectivity index is 2.70. The van der Waals surface area contributed by atoms with Crippen molar-refractivity contribution in [3.63, 3.8) is 0 Å². The van der Waals surface area contributed by atoms with Crippen LogP contribution in [0.1, 0.15) is 31.7 Å². The molecule has 4 nitrogen and oxygen atoms in total. The maximum Gasteiger partial charge on any atom is 0.332 e. The molecule has 1 aliphatic rings. The number of benzene rings is 1. The van der Waals surface area contributed by atoms with Gasteiger partial charge in [-0.3, -0.25) is 4.79 Å². The molecule has 0 heterocycles. The molecule has 0 aliphatic heterocycles. The molecule has 0 radical (unpaired) electrons. The van der Waals surface area contributed by atoms with E-state index >= 15 is 0 Å². The van der Waals surface area contributed by atoms with Gasteiger partial charge >= 0.3 is 11.9 Å². The van der Waals surface area contributed by atoms with Gasteiger partial charge in [0.15, 0.2) is 0 Å². The molecule has 0 spiro atoms. The summed E-state index contributed by atoms with van der Waals surface area (Å²) >= 11 is 5.88. The highest BCUT2D eigenvalue weighted by Gasteiger charge is 2.48. The van der Waals surface area contributed by atoms with Crippen LogP contribution in [-0.2, 0) is 9.59 Å². The van der Waals surface area contributed by atoms with Crippen molar-refractivity contribution in [1.82, 2.24) is 0 Å². The van der Waals surface area contributed by atoms with E-state index < -0.39 is 23.3 Å². The van der Waals surface area contributed by atoms with E-state index in [9.17, 15) is 19.8 Å². The van der Waals surface area contributed by atoms with Gasteiger partial charge in [-0.05, 0) is 37.1 Å².